The summed E-state index contributed by atoms with van der Waals surface area (Å²) >= 11 is 0. The summed E-state index contributed by atoms with van der Waals surface area (Å²) < 4.78 is 5.52. The van der Waals surface area contributed by atoms with Crippen molar-refractivity contribution >= 4 is 11.9 Å². The van der Waals surface area contributed by atoms with Crippen LogP contribution in [0.1, 0.15) is 39.2 Å². The highest BCUT2D eigenvalue weighted by Gasteiger charge is 2.61. The van der Waals surface area contributed by atoms with E-state index in [1.807, 2.05) is 17.9 Å². The Morgan fingerprint density at radius 2 is 1.79 bits per heavy atom. The quantitative estimate of drug-likeness (QED) is 0.708. The second kappa shape index (κ2) is 7.18. The van der Waals surface area contributed by atoms with E-state index >= 15 is 0 Å². The van der Waals surface area contributed by atoms with Gasteiger partial charge in [-0.2, -0.15) is 0 Å². The van der Waals surface area contributed by atoms with Gasteiger partial charge in [-0.15, -0.1) is 0 Å². The van der Waals surface area contributed by atoms with Crippen LogP contribution in [0.25, 0.3) is 0 Å². The van der Waals surface area contributed by atoms with Crippen molar-refractivity contribution in [3.63, 3.8) is 0 Å². The molecule has 2 atom stereocenters. The molecule has 1 spiro atoms. The molecule has 0 N–H and O–H groups in total. The lowest BCUT2D eigenvalue weighted by Crippen LogP contribution is -2.63. The van der Waals surface area contributed by atoms with Crippen molar-refractivity contribution in [3.05, 3.63) is 35.9 Å². The van der Waals surface area contributed by atoms with Crippen LogP contribution < -0.4 is 0 Å². The molecule has 5 nitrogen and oxygen atoms in total. The van der Waals surface area contributed by atoms with E-state index in [1.54, 1.807) is 0 Å². The minimum Gasteiger partial charge on any atom is -0.465 e. The Hall–Kier alpha value is -1.88. The summed E-state index contributed by atoms with van der Waals surface area (Å²) in [6, 6.07) is 10.4. The monoisotopic (exact) mass is 384 g/mol. The molecule has 0 radical (unpaired) electrons. The zero-order chi connectivity index (χ0) is 19.9. The van der Waals surface area contributed by atoms with Gasteiger partial charge in [0.15, 0.2) is 0 Å². The van der Waals surface area contributed by atoms with E-state index in [2.05, 4.69) is 43.0 Å². The van der Waals surface area contributed by atoms with Crippen LogP contribution >= 0.6 is 0 Å². The van der Waals surface area contributed by atoms with Gasteiger partial charge in [-0.25, -0.2) is 0 Å². The largest absolute Gasteiger partial charge is 0.465 e. The van der Waals surface area contributed by atoms with Gasteiger partial charge in [-0.05, 0) is 23.8 Å². The minimum absolute atomic E-state index is 0.0868. The molecule has 152 valence electrons. The standard InChI is InChI=1S/C23H32N2O3/c1-4-10-28-21(27)19-13-24(12-17-8-6-5-7-9-17)14-23(19)15-25(16-23)20(26)18-11-22(18,2)3/h5-9,18-19H,4,10-16H2,1-3H3/t18-,19?/m1/s1. The maximum absolute atomic E-state index is 12.8. The first kappa shape index (κ1) is 19.4. The number of carbonyl (C=O) groups is 2. The Morgan fingerprint density at radius 3 is 2.39 bits per heavy atom. The van der Waals surface area contributed by atoms with E-state index in [1.165, 1.54) is 5.56 Å². The third-order valence-electron chi connectivity index (χ3n) is 6.84. The number of hydrogen-bond acceptors (Lipinski definition) is 4. The zero-order valence-electron chi connectivity index (χ0n) is 17.3. The predicted octanol–water partition coefficient (Wildman–Crippen LogP) is 2.95. The van der Waals surface area contributed by atoms with E-state index in [9.17, 15) is 9.59 Å². The van der Waals surface area contributed by atoms with Crippen LogP contribution in [0.5, 0.6) is 0 Å². The van der Waals surface area contributed by atoms with Crippen LogP contribution in [-0.2, 0) is 20.9 Å². The molecule has 2 saturated heterocycles. The topological polar surface area (TPSA) is 49.9 Å². The van der Waals surface area contributed by atoms with Gasteiger partial charge in [0.2, 0.25) is 5.91 Å². The highest BCUT2D eigenvalue weighted by atomic mass is 16.5. The highest BCUT2D eigenvalue weighted by Crippen LogP contribution is 2.54. The molecule has 0 aromatic heterocycles. The van der Waals surface area contributed by atoms with Crippen molar-refractivity contribution in [2.75, 3.05) is 32.8 Å². The number of rotatable bonds is 6. The average molecular weight is 385 g/mol. The second-order valence-electron chi connectivity index (χ2n) is 9.68. The van der Waals surface area contributed by atoms with Crippen LogP contribution in [0.3, 0.4) is 0 Å². The number of nitrogens with zero attached hydrogens (tertiary/aromatic N) is 2. The number of carbonyl (C=O) groups excluding carboxylic acids is 2. The van der Waals surface area contributed by atoms with Crippen LogP contribution in [0.2, 0.25) is 0 Å². The number of amides is 1. The van der Waals surface area contributed by atoms with Gasteiger partial charge >= 0.3 is 5.97 Å². The molecule has 1 aromatic carbocycles. The minimum atomic E-state index is -0.145. The first-order valence-corrected chi connectivity index (χ1v) is 10.6. The molecule has 1 unspecified atom stereocenters. The highest BCUT2D eigenvalue weighted by molar-refractivity contribution is 5.84. The molecule has 4 rings (SSSR count). The van der Waals surface area contributed by atoms with Crippen molar-refractivity contribution < 1.29 is 14.3 Å². The summed E-state index contributed by atoms with van der Waals surface area (Å²) in [7, 11) is 0. The molecule has 2 heterocycles. The Kier molecular flexibility index (Phi) is 4.98. The number of likely N-dealkylation sites (tertiary alicyclic amines) is 2. The fourth-order valence-corrected chi connectivity index (χ4v) is 4.96. The normalized spacial score (nSPS) is 27.5. The number of ether oxygens (including phenoxy) is 1. The first-order valence-electron chi connectivity index (χ1n) is 10.6. The molecule has 3 aliphatic rings. The lowest BCUT2D eigenvalue weighted by Gasteiger charge is -2.50. The van der Waals surface area contributed by atoms with Crippen molar-refractivity contribution in [3.8, 4) is 0 Å². The van der Waals surface area contributed by atoms with E-state index in [4.69, 9.17) is 4.74 Å². The Labute approximate surface area is 168 Å². The predicted molar refractivity (Wildman–Crippen MR) is 107 cm³/mol. The first-order chi connectivity index (χ1) is 13.3. The van der Waals surface area contributed by atoms with Gasteiger partial charge in [-0.1, -0.05) is 51.1 Å². The molecule has 3 fully saturated rings. The molecular formula is C23H32N2O3. The summed E-state index contributed by atoms with van der Waals surface area (Å²) in [5.41, 5.74) is 1.26. The fourth-order valence-electron chi connectivity index (χ4n) is 4.96. The van der Waals surface area contributed by atoms with E-state index < -0.39 is 0 Å². The van der Waals surface area contributed by atoms with Crippen molar-refractivity contribution in [2.45, 2.75) is 40.2 Å². The smallest absolute Gasteiger partial charge is 0.310 e. The molecule has 1 amide bonds. The van der Waals surface area contributed by atoms with Gasteiger partial charge < -0.3 is 9.64 Å². The van der Waals surface area contributed by atoms with Crippen LogP contribution in [0.15, 0.2) is 30.3 Å². The molecule has 1 aliphatic carbocycles. The third-order valence-corrected chi connectivity index (χ3v) is 6.84. The molecule has 28 heavy (non-hydrogen) atoms. The average Bonchev–Trinajstić information content (AvgIpc) is 3.11. The van der Waals surface area contributed by atoms with E-state index in [0.717, 1.165) is 25.9 Å². The summed E-state index contributed by atoms with van der Waals surface area (Å²) in [6.07, 6.45) is 1.82. The summed E-state index contributed by atoms with van der Waals surface area (Å²) in [5, 5.41) is 0. The fraction of sp³-hybridized carbons (Fsp3) is 0.652. The lowest BCUT2D eigenvalue weighted by atomic mass is 9.71. The SMILES string of the molecule is CCCOC(=O)C1CN(Cc2ccccc2)CC12CN(C(=O)[C@H]1CC1(C)C)C2. The molecule has 1 aromatic rings. The molecule has 0 bridgehead atoms. The van der Waals surface area contributed by atoms with E-state index in [0.29, 0.717) is 26.2 Å². The molecular weight excluding hydrogens is 352 g/mol. The van der Waals surface area contributed by atoms with Gasteiger partial charge in [0.05, 0.1) is 12.5 Å². The van der Waals surface area contributed by atoms with E-state index in [-0.39, 0.29) is 34.5 Å². The maximum atomic E-state index is 12.8. The van der Waals surface area contributed by atoms with Crippen LogP contribution in [0.4, 0.5) is 0 Å². The maximum Gasteiger partial charge on any atom is 0.310 e. The Morgan fingerprint density at radius 1 is 1.11 bits per heavy atom. The summed E-state index contributed by atoms with van der Waals surface area (Å²) in [6.45, 7) is 10.6. The van der Waals surface area contributed by atoms with Crippen LogP contribution in [0, 0.1) is 22.7 Å². The number of hydrogen-bond donors (Lipinski definition) is 0. The summed E-state index contributed by atoms with van der Waals surface area (Å²) in [4.78, 5) is 29.9. The van der Waals surface area contributed by atoms with Gasteiger partial charge in [0.1, 0.15) is 0 Å². The lowest BCUT2D eigenvalue weighted by molar-refractivity contribution is -0.162. The number of esters is 1. The number of benzene rings is 1. The molecule has 5 heteroatoms. The van der Waals surface area contributed by atoms with Crippen molar-refractivity contribution in [1.29, 1.82) is 0 Å². The summed E-state index contributed by atoms with van der Waals surface area (Å²) in [5.74, 6) is 0.213. The van der Waals surface area contributed by atoms with Gasteiger partial charge in [0, 0.05) is 44.1 Å². The second-order valence-corrected chi connectivity index (χ2v) is 9.68. The Balaban J connectivity index is 1.44. The van der Waals surface area contributed by atoms with Gasteiger partial charge in [-0.3, -0.25) is 14.5 Å². The van der Waals surface area contributed by atoms with Crippen molar-refractivity contribution in [2.24, 2.45) is 22.7 Å². The molecule has 2 aliphatic heterocycles. The van der Waals surface area contributed by atoms with Crippen LogP contribution in [-0.4, -0.2) is 54.5 Å². The Bertz CT molecular complexity index is 739. The third kappa shape index (κ3) is 3.57. The zero-order valence-corrected chi connectivity index (χ0v) is 17.3. The molecule has 1 saturated carbocycles. The van der Waals surface area contributed by atoms with Crippen molar-refractivity contribution in [1.82, 2.24) is 9.80 Å². The van der Waals surface area contributed by atoms with Gasteiger partial charge in [0.25, 0.3) is 0 Å².